The fourth-order valence-corrected chi connectivity index (χ4v) is 5.44. The average Bonchev–Trinajstić information content (AvgIpc) is 3.21. The molecule has 6 nitrogen and oxygen atoms in total. The molecule has 2 fully saturated rings. The van der Waals surface area contributed by atoms with Crippen LogP contribution in [0.3, 0.4) is 0 Å². The Labute approximate surface area is 151 Å². The van der Waals surface area contributed by atoms with Gasteiger partial charge in [-0.15, -0.1) is 0 Å². The first-order chi connectivity index (χ1) is 12.0. The fourth-order valence-electron chi connectivity index (χ4n) is 3.72. The lowest BCUT2D eigenvalue weighted by Gasteiger charge is -2.26. The van der Waals surface area contributed by atoms with E-state index in [1.165, 1.54) is 0 Å². The lowest BCUT2D eigenvalue weighted by molar-refractivity contribution is 0.270. The molecule has 0 aromatic carbocycles. The molecule has 0 N–H and O–H groups in total. The van der Waals surface area contributed by atoms with Crippen LogP contribution >= 0.6 is 0 Å². The smallest absolute Gasteiger partial charge is 0.282 e. The zero-order valence-corrected chi connectivity index (χ0v) is 16.3. The zero-order valence-electron chi connectivity index (χ0n) is 15.5. The highest BCUT2D eigenvalue weighted by atomic mass is 32.2. The van der Waals surface area contributed by atoms with E-state index in [2.05, 4.69) is 17.9 Å². The minimum Gasteiger partial charge on any atom is -0.466 e. The van der Waals surface area contributed by atoms with E-state index in [9.17, 15) is 8.42 Å². The van der Waals surface area contributed by atoms with Gasteiger partial charge in [0.2, 0.25) is 0 Å². The Morgan fingerprint density at radius 2 is 1.68 bits per heavy atom. The van der Waals surface area contributed by atoms with Crippen molar-refractivity contribution in [3.63, 3.8) is 0 Å². The van der Waals surface area contributed by atoms with Crippen molar-refractivity contribution < 1.29 is 12.8 Å². The van der Waals surface area contributed by atoms with Crippen molar-refractivity contribution in [2.75, 3.05) is 45.8 Å². The summed E-state index contributed by atoms with van der Waals surface area (Å²) in [4.78, 5) is 2.39. The summed E-state index contributed by atoms with van der Waals surface area (Å²) >= 11 is 0. The maximum absolute atomic E-state index is 12.7. The van der Waals surface area contributed by atoms with Crippen LogP contribution < -0.4 is 0 Å². The van der Waals surface area contributed by atoms with Crippen LogP contribution in [-0.2, 0) is 10.2 Å². The van der Waals surface area contributed by atoms with E-state index >= 15 is 0 Å². The van der Waals surface area contributed by atoms with Crippen LogP contribution in [-0.4, -0.2) is 67.7 Å². The van der Waals surface area contributed by atoms with E-state index in [1.807, 2.05) is 13.0 Å². The number of hydrogen-bond acceptors (Lipinski definition) is 4. The fraction of sp³-hybridized carbons (Fsp3) is 0.778. The van der Waals surface area contributed by atoms with Gasteiger partial charge in [-0.1, -0.05) is 6.92 Å². The Balaban J connectivity index is 1.49. The van der Waals surface area contributed by atoms with Gasteiger partial charge < -0.3 is 9.32 Å². The summed E-state index contributed by atoms with van der Waals surface area (Å²) in [5.41, 5.74) is 0. The molecule has 142 valence electrons. The topological polar surface area (TPSA) is 57.0 Å². The van der Waals surface area contributed by atoms with Gasteiger partial charge in [-0.2, -0.15) is 17.0 Å². The largest absolute Gasteiger partial charge is 0.466 e. The van der Waals surface area contributed by atoms with Gasteiger partial charge in [0.05, 0.1) is 0 Å². The van der Waals surface area contributed by atoms with Crippen molar-refractivity contribution in [3.8, 4) is 0 Å². The van der Waals surface area contributed by atoms with E-state index in [4.69, 9.17) is 4.42 Å². The summed E-state index contributed by atoms with van der Waals surface area (Å²) in [7, 11) is -3.26. The molecule has 0 spiro atoms. The van der Waals surface area contributed by atoms with Crippen molar-refractivity contribution in [2.24, 2.45) is 0 Å². The standard InChI is InChI=1S/C18H31N3O3S/c1-16(18-7-6-17(2)24-18)8-13-19-9-5-12-21(15-14-19)25(22,23)20-10-3-4-11-20/h6-7,16H,3-5,8-15H2,1-2H3. The molecule has 1 unspecified atom stereocenters. The summed E-state index contributed by atoms with van der Waals surface area (Å²) in [6, 6.07) is 4.08. The summed E-state index contributed by atoms with van der Waals surface area (Å²) in [6.07, 6.45) is 3.92. The van der Waals surface area contributed by atoms with Gasteiger partial charge in [0.25, 0.3) is 10.2 Å². The highest BCUT2D eigenvalue weighted by molar-refractivity contribution is 7.86. The minimum absolute atomic E-state index is 0.390. The Hall–Kier alpha value is -0.890. The van der Waals surface area contributed by atoms with Gasteiger partial charge in [-0.3, -0.25) is 0 Å². The molecular weight excluding hydrogens is 338 g/mol. The minimum atomic E-state index is -3.26. The van der Waals surface area contributed by atoms with Crippen molar-refractivity contribution >= 4 is 10.2 Å². The molecule has 0 bridgehead atoms. The number of rotatable bonds is 6. The predicted octanol–water partition coefficient (Wildman–Crippen LogP) is 2.43. The average molecular weight is 370 g/mol. The first kappa shape index (κ1) is 18.9. The maximum Gasteiger partial charge on any atom is 0.282 e. The molecule has 0 saturated carbocycles. The van der Waals surface area contributed by atoms with Gasteiger partial charge in [-0.05, 0) is 57.8 Å². The number of hydrogen-bond donors (Lipinski definition) is 0. The molecular formula is C18H31N3O3S. The predicted molar refractivity (Wildman–Crippen MR) is 98.8 cm³/mol. The normalized spacial score (nSPS) is 23.0. The summed E-state index contributed by atoms with van der Waals surface area (Å²) in [6.45, 7) is 9.55. The summed E-state index contributed by atoms with van der Waals surface area (Å²) in [5, 5.41) is 0. The monoisotopic (exact) mass is 369 g/mol. The van der Waals surface area contributed by atoms with Crippen LogP contribution in [0.1, 0.15) is 50.0 Å². The third-order valence-electron chi connectivity index (χ3n) is 5.39. The quantitative estimate of drug-likeness (QED) is 0.773. The Kier molecular flexibility index (Phi) is 6.20. The van der Waals surface area contributed by atoms with Crippen LogP contribution in [0.2, 0.25) is 0 Å². The van der Waals surface area contributed by atoms with Crippen LogP contribution in [0.25, 0.3) is 0 Å². The molecule has 2 saturated heterocycles. The Bertz CT molecular complexity index is 652. The van der Waals surface area contributed by atoms with Crippen LogP contribution in [0.4, 0.5) is 0 Å². The van der Waals surface area contributed by atoms with Crippen molar-refractivity contribution in [2.45, 2.75) is 45.4 Å². The van der Waals surface area contributed by atoms with Crippen LogP contribution in [0, 0.1) is 6.92 Å². The molecule has 2 aliphatic heterocycles. The van der Waals surface area contributed by atoms with Crippen LogP contribution in [0.5, 0.6) is 0 Å². The third-order valence-corrected chi connectivity index (χ3v) is 7.43. The molecule has 3 rings (SSSR count). The van der Waals surface area contributed by atoms with E-state index in [-0.39, 0.29) is 0 Å². The lowest BCUT2D eigenvalue weighted by atomic mass is 10.0. The van der Waals surface area contributed by atoms with Gasteiger partial charge in [0, 0.05) is 38.6 Å². The van der Waals surface area contributed by atoms with Crippen molar-refractivity contribution in [3.05, 3.63) is 23.7 Å². The Morgan fingerprint density at radius 1 is 1.00 bits per heavy atom. The molecule has 2 aliphatic rings. The number of nitrogens with zero attached hydrogens (tertiary/aromatic N) is 3. The van der Waals surface area contributed by atoms with Gasteiger partial charge in [-0.25, -0.2) is 0 Å². The molecule has 0 radical (unpaired) electrons. The van der Waals surface area contributed by atoms with E-state index in [0.29, 0.717) is 32.1 Å². The molecule has 1 aromatic heterocycles. The van der Waals surface area contributed by atoms with Crippen molar-refractivity contribution in [1.82, 2.24) is 13.5 Å². The second-order valence-electron chi connectivity index (χ2n) is 7.35. The van der Waals surface area contributed by atoms with Gasteiger partial charge in [0.1, 0.15) is 11.5 Å². The lowest BCUT2D eigenvalue weighted by Crippen LogP contribution is -2.44. The molecule has 3 heterocycles. The van der Waals surface area contributed by atoms with E-state index < -0.39 is 10.2 Å². The highest BCUT2D eigenvalue weighted by Crippen LogP contribution is 2.22. The second-order valence-corrected chi connectivity index (χ2v) is 9.27. The molecule has 1 atom stereocenters. The molecule has 7 heteroatoms. The second kappa shape index (κ2) is 8.20. The molecule has 1 aromatic rings. The van der Waals surface area contributed by atoms with Gasteiger partial charge >= 0.3 is 0 Å². The zero-order chi connectivity index (χ0) is 17.9. The summed E-state index contributed by atoms with van der Waals surface area (Å²) < 4.78 is 34.5. The summed E-state index contributed by atoms with van der Waals surface area (Å²) in [5.74, 6) is 2.39. The van der Waals surface area contributed by atoms with E-state index in [1.54, 1.807) is 8.61 Å². The maximum atomic E-state index is 12.7. The van der Waals surface area contributed by atoms with Crippen molar-refractivity contribution in [1.29, 1.82) is 0 Å². The first-order valence-corrected chi connectivity index (χ1v) is 10.9. The number of aryl methyl sites for hydroxylation is 1. The SMILES string of the molecule is Cc1ccc(C(C)CCN2CCCN(S(=O)(=O)N3CCCC3)CC2)o1. The number of furan rings is 1. The highest BCUT2D eigenvalue weighted by Gasteiger charge is 2.32. The third kappa shape index (κ3) is 4.64. The Morgan fingerprint density at radius 3 is 2.36 bits per heavy atom. The molecule has 25 heavy (non-hydrogen) atoms. The van der Waals surface area contributed by atoms with Crippen LogP contribution in [0.15, 0.2) is 16.5 Å². The molecule has 0 amide bonds. The first-order valence-electron chi connectivity index (χ1n) is 9.51. The van der Waals surface area contributed by atoms with E-state index in [0.717, 1.165) is 56.8 Å². The van der Waals surface area contributed by atoms with Gasteiger partial charge in [0.15, 0.2) is 0 Å². The molecule has 0 aliphatic carbocycles.